The Kier molecular flexibility index (Phi) is 6.77. The maximum atomic E-state index is 13.3. The Morgan fingerprint density at radius 2 is 1.71 bits per heavy atom. The monoisotopic (exact) mass is 459 g/mol. The Labute approximate surface area is 199 Å². The molecule has 3 amide bonds. The highest BCUT2D eigenvalue weighted by Crippen LogP contribution is 2.28. The van der Waals surface area contributed by atoms with Gasteiger partial charge in [-0.15, -0.1) is 0 Å². The molecule has 1 aliphatic heterocycles. The minimum Gasteiger partial charge on any atom is -0.339 e. The second-order valence-corrected chi connectivity index (χ2v) is 8.36. The van der Waals surface area contributed by atoms with Gasteiger partial charge in [0.25, 0.3) is 5.91 Å². The second-order valence-electron chi connectivity index (χ2n) is 8.36. The molecule has 1 atom stereocenters. The predicted octanol–water partition coefficient (Wildman–Crippen LogP) is 3.65. The molecule has 1 saturated heterocycles. The van der Waals surface area contributed by atoms with Crippen molar-refractivity contribution in [1.82, 2.24) is 14.7 Å². The second kappa shape index (κ2) is 9.91. The zero-order valence-electron chi connectivity index (χ0n) is 19.7. The maximum absolute atomic E-state index is 13.3. The number of carbonyl (C=O) groups excluding carboxylic acids is 3. The molecule has 3 aromatic rings. The Balaban J connectivity index is 1.61. The smallest absolute Gasteiger partial charge is 0.259 e. The lowest BCUT2D eigenvalue weighted by molar-refractivity contribution is -0.122. The third kappa shape index (κ3) is 4.57. The van der Waals surface area contributed by atoms with Gasteiger partial charge in [0.15, 0.2) is 0 Å². The molecule has 34 heavy (non-hydrogen) atoms. The normalized spacial score (nSPS) is 15.4. The highest BCUT2D eigenvalue weighted by molar-refractivity contribution is 6.06. The van der Waals surface area contributed by atoms with Gasteiger partial charge in [-0.05, 0) is 45.0 Å². The first kappa shape index (κ1) is 23.2. The van der Waals surface area contributed by atoms with Crippen LogP contribution in [0.2, 0.25) is 0 Å². The van der Waals surface area contributed by atoms with Crippen LogP contribution in [0.1, 0.15) is 36.2 Å². The Hall–Kier alpha value is -3.94. The number of benzene rings is 2. The fraction of sp³-hybridized carbons (Fsp3) is 0.308. The molecule has 4 rings (SSSR count). The number of hydrogen-bond donors (Lipinski definition) is 1. The SMILES string of the molecule is CCN(CC)C(=O)c1cnn(-c2ccccc2)c1NC(=O)C1CC(=O)N(c2ccc(C)cc2)C1. The number of amides is 3. The van der Waals surface area contributed by atoms with Crippen LogP contribution in [0, 0.1) is 12.8 Å². The van der Waals surface area contributed by atoms with Crippen LogP contribution in [-0.2, 0) is 9.59 Å². The fourth-order valence-corrected chi connectivity index (χ4v) is 4.15. The fourth-order valence-electron chi connectivity index (χ4n) is 4.15. The molecular weight excluding hydrogens is 430 g/mol. The van der Waals surface area contributed by atoms with E-state index in [2.05, 4.69) is 10.4 Å². The van der Waals surface area contributed by atoms with Crippen LogP contribution in [-0.4, -0.2) is 52.0 Å². The van der Waals surface area contributed by atoms with Crippen molar-refractivity contribution in [3.05, 3.63) is 71.9 Å². The van der Waals surface area contributed by atoms with E-state index in [1.807, 2.05) is 75.4 Å². The van der Waals surface area contributed by atoms with Crippen LogP contribution in [0.25, 0.3) is 5.69 Å². The predicted molar refractivity (Wildman–Crippen MR) is 131 cm³/mol. The summed E-state index contributed by atoms with van der Waals surface area (Å²) in [5.41, 5.74) is 2.92. The van der Waals surface area contributed by atoms with Gasteiger partial charge in [-0.2, -0.15) is 5.10 Å². The molecule has 1 N–H and O–H groups in total. The van der Waals surface area contributed by atoms with Gasteiger partial charge in [0.1, 0.15) is 11.4 Å². The highest BCUT2D eigenvalue weighted by Gasteiger charge is 2.36. The Morgan fingerprint density at radius 1 is 1.03 bits per heavy atom. The van der Waals surface area contributed by atoms with Crippen LogP contribution in [0.15, 0.2) is 60.8 Å². The van der Waals surface area contributed by atoms with Gasteiger partial charge in [0, 0.05) is 31.7 Å². The highest BCUT2D eigenvalue weighted by atomic mass is 16.2. The molecule has 0 aliphatic carbocycles. The molecule has 1 aliphatic rings. The van der Waals surface area contributed by atoms with Crippen LogP contribution in [0.5, 0.6) is 0 Å². The largest absolute Gasteiger partial charge is 0.339 e. The van der Waals surface area contributed by atoms with E-state index in [4.69, 9.17) is 0 Å². The van der Waals surface area contributed by atoms with Crippen LogP contribution in [0.3, 0.4) is 0 Å². The first-order valence-electron chi connectivity index (χ1n) is 11.5. The molecule has 0 bridgehead atoms. The topological polar surface area (TPSA) is 87.5 Å². The number of para-hydroxylation sites is 1. The lowest BCUT2D eigenvalue weighted by atomic mass is 10.1. The minimum absolute atomic E-state index is 0.0972. The van der Waals surface area contributed by atoms with Crippen molar-refractivity contribution in [2.24, 2.45) is 5.92 Å². The lowest BCUT2D eigenvalue weighted by Crippen LogP contribution is -2.32. The van der Waals surface area contributed by atoms with Crippen molar-refractivity contribution in [1.29, 1.82) is 0 Å². The van der Waals surface area contributed by atoms with Crippen molar-refractivity contribution in [3.63, 3.8) is 0 Å². The first-order chi connectivity index (χ1) is 16.4. The number of rotatable bonds is 7. The average Bonchev–Trinajstić information content (AvgIpc) is 3.44. The molecule has 1 unspecified atom stereocenters. The number of aromatic nitrogens is 2. The van der Waals surface area contributed by atoms with Gasteiger partial charge < -0.3 is 15.1 Å². The summed E-state index contributed by atoms with van der Waals surface area (Å²) in [4.78, 5) is 42.4. The molecule has 8 heteroatoms. The van der Waals surface area contributed by atoms with Crippen molar-refractivity contribution in [3.8, 4) is 5.69 Å². The molecule has 2 heterocycles. The van der Waals surface area contributed by atoms with E-state index in [1.165, 1.54) is 6.20 Å². The molecule has 0 saturated carbocycles. The van der Waals surface area contributed by atoms with Gasteiger partial charge in [0.2, 0.25) is 11.8 Å². The number of hydrogen-bond acceptors (Lipinski definition) is 4. The summed E-state index contributed by atoms with van der Waals surface area (Å²) in [7, 11) is 0. The molecule has 176 valence electrons. The summed E-state index contributed by atoms with van der Waals surface area (Å²) in [5.74, 6) is -0.834. The zero-order chi connectivity index (χ0) is 24.2. The number of aryl methyl sites for hydroxylation is 1. The maximum Gasteiger partial charge on any atom is 0.259 e. The van der Waals surface area contributed by atoms with Gasteiger partial charge in [-0.1, -0.05) is 35.9 Å². The molecular formula is C26H29N5O3. The summed E-state index contributed by atoms with van der Waals surface area (Å²) in [5, 5.41) is 7.32. The molecule has 1 fully saturated rings. The third-order valence-electron chi connectivity index (χ3n) is 6.13. The van der Waals surface area contributed by atoms with E-state index in [-0.39, 0.29) is 30.7 Å². The Bertz CT molecular complexity index is 1180. The van der Waals surface area contributed by atoms with E-state index < -0.39 is 5.92 Å². The van der Waals surface area contributed by atoms with E-state index in [0.717, 1.165) is 16.9 Å². The van der Waals surface area contributed by atoms with Crippen molar-refractivity contribution in [2.75, 3.05) is 29.9 Å². The number of carbonyl (C=O) groups is 3. The number of nitrogens with one attached hydrogen (secondary N) is 1. The van der Waals surface area contributed by atoms with Gasteiger partial charge in [0.05, 0.1) is 17.8 Å². The number of anilines is 2. The van der Waals surface area contributed by atoms with Gasteiger partial charge in [-0.3, -0.25) is 14.4 Å². The summed E-state index contributed by atoms with van der Waals surface area (Å²) in [6, 6.07) is 17.0. The van der Waals surface area contributed by atoms with Gasteiger partial charge in [-0.25, -0.2) is 4.68 Å². The lowest BCUT2D eigenvalue weighted by Gasteiger charge is -2.20. The van der Waals surface area contributed by atoms with Crippen molar-refractivity contribution < 1.29 is 14.4 Å². The zero-order valence-corrected chi connectivity index (χ0v) is 19.7. The summed E-state index contributed by atoms with van der Waals surface area (Å²) < 4.78 is 1.56. The van der Waals surface area contributed by atoms with Crippen molar-refractivity contribution >= 4 is 29.2 Å². The minimum atomic E-state index is -0.538. The molecule has 0 spiro atoms. The Morgan fingerprint density at radius 3 is 2.35 bits per heavy atom. The molecule has 0 radical (unpaired) electrons. The summed E-state index contributed by atoms with van der Waals surface area (Å²) in [6.07, 6.45) is 1.60. The molecule has 2 aromatic carbocycles. The molecule has 8 nitrogen and oxygen atoms in total. The van der Waals surface area contributed by atoms with Crippen molar-refractivity contribution in [2.45, 2.75) is 27.2 Å². The van der Waals surface area contributed by atoms with Crippen LogP contribution < -0.4 is 10.2 Å². The van der Waals surface area contributed by atoms with Gasteiger partial charge >= 0.3 is 0 Å². The van der Waals surface area contributed by atoms with E-state index in [0.29, 0.717) is 24.5 Å². The van der Waals surface area contributed by atoms with E-state index in [9.17, 15) is 14.4 Å². The number of nitrogens with zero attached hydrogens (tertiary/aromatic N) is 4. The quantitative estimate of drug-likeness (QED) is 0.584. The van der Waals surface area contributed by atoms with Crippen LogP contribution >= 0.6 is 0 Å². The van der Waals surface area contributed by atoms with Crippen LogP contribution in [0.4, 0.5) is 11.5 Å². The average molecular weight is 460 g/mol. The first-order valence-corrected chi connectivity index (χ1v) is 11.5. The third-order valence-corrected chi connectivity index (χ3v) is 6.13. The van der Waals surface area contributed by atoms with E-state index in [1.54, 1.807) is 14.5 Å². The van der Waals surface area contributed by atoms with E-state index >= 15 is 0 Å². The standard InChI is InChI=1S/C26H29N5O3/c1-4-29(5-2)26(34)22-16-27-31(21-9-7-6-8-10-21)24(22)28-25(33)19-15-23(32)30(17-19)20-13-11-18(3)12-14-20/h6-14,16,19H,4-5,15,17H2,1-3H3,(H,28,33). The summed E-state index contributed by atoms with van der Waals surface area (Å²) in [6.45, 7) is 7.17. The molecule has 1 aromatic heterocycles. The summed E-state index contributed by atoms with van der Waals surface area (Å²) >= 11 is 0.